The molecule has 0 fully saturated rings. The molecule has 4 aromatic carbocycles. The zero-order valence-corrected chi connectivity index (χ0v) is 22.1. The molecule has 0 spiro atoms. The van der Waals surface area contributed by atoms with Crippen LogP contribution >= 0.6 is 23.2 Å². The number of nitrogens with zero attached hydrogens (tertiary/aromatic N) is 1. The third kappa shape index (κ3) is 5.46. The minimum atomic E-state index is -4.74. The first-order valence-corrected chi connectivity index (χ1v) is 12.7. The summed E-state index contributed by atoms with van der Waals surface area (Å²) in [6, 6.07) is 20.0. The van der Waals surface area contributed by atoms with Gasteiger partial charge in [0.2, 0.25) is 5.78 Å². The van der Waals surface area contributed by atoms with Gasteiger partial charge in [0.15, 0.2) is 6.10 Å². The van der Waals surface area contributed by atoms with Crippen molar-refractivity contribution < 1.29 is 37.1 Å². The summed E-state index contributed by atoms with van der Waals surface area (Å²) in [7, 11) is 0. The zero-order chi connectivity index (χ0) is 29.5. The number of rotatable bonds is 6. The number of hydrogen-bond acceptors (Lipinski definition) is 5. The van der Waals surface area contributed by atoms with E-state index in [1.165, 1.54) is 36.4 Å². The van der Waals surface area contributed by atoms with Crippen LogP contribution in [0, 0.1) is 0 Å². The summed E-state index contributed by atoms with van der Waals surface area (Å²) < 4.78 is 45.4. The number of alkyl halides is 3. The van der Waals surface area contributed by atoms with Crippen molar-refractivity contribution in [2.45, 2.75) is 12.3 Å². The van der Waals surface area contributed by atoms with Crippen molar-refractivity contribution >= 4 is 52.5 Å². The number of amides is 2. The van der Waals surface area contributed by atoms with Crippen molar-refractivity contribution in [2.24, 2.45) is 0 Å². The van der Waals surface area contributed by atoms with Crippen LogP contribution in [0.15, 0.2) is 91.0 Å². The highest BCUT2D eigenvalue weighted by Gasteiger charge is 2.40. The molecule has 0 aliphatic carbocycles. The topological polar surface area (TPSA) is 80.8 Å². The number of ketones is 1. The Labute approximate surface area is 240 Å². The number of hydrogen-bond donors (Lipinski definition) is 0. The molecule has 0 bridgehead atoms. The average molecular weight is 598 g/mol. The molecule has 5 rings (SSSR count). The van der Waals surface area contributed by atoms with Gasteiger partial charge in [-0.2, -0.15) is 13.2 Å². The molecule has 1 heterocycles. The summed E-state index contributed by atoms with van der Waals surface area (Å²) in [5.41, 5.74) is -1.47. The van der Waals surface area contributed by atoms with Gasteiger partial charge in [0.25, 0.3) is 11.8 Å². The molecule has 4 aromatic rings. The maximum Gasteiger partial charge on any atom is 0.416 e. The Kier molecular flexibility index (Phi) is 7.42. The van der Waals surface area contributed by atoms with E-state index in [-0.39, 0.29) is 27.3 Å². The number of esters is 1. The molecule has 206 valence electrons. The maximum absolute atomic E-state index is 13.3. The van der Waals surface area contributed by atoms with Crippen molar-refractivity contribution in [2.75, 3.05) is 4.90 Å². The first-order chi connectivity index (χ1) is 19.5. The molecule has 1 aliphatic rings. The van der Waals surface area contributed by atoms with E-state index in [2.05, 4.69) is 0 Å². The molecule has 0 unspecified atom stereocenters. The lowest BCUT2D eigenvalue weighted by molar-refractivity contribution is -0.137. The summed E-state index contributed by atoms with van der Waals surface area (Å²) in [5, 5.41) is 0.158. The van der Waals surface area contributed by atoms with Crippen molar-refractivity contribution in [3.05, 3.63) is 134 Å². The fraction of sp³-hybridized carbons (Fsp3) is 0.0667. The summed E-state index contributed by atoms with van der Waals surface area (Å²) in [5.74, 6) is -3.39. The van der Waals surface area contributed by atoms with E-state index in [0.717, 1.165) is 18.2 Å². The van der Waals surface area contributed by atoms with Gasteiger partial charge in [0.1, 0.15) is 0 Å². The van der Waals surface area contributed by atoms with Crippen molar-refractivity contribution in [1.29, 1.82) is 0 Å². The second-order valence-electron chi connectivity index (χ2n) is 8.94. The predicted octanol–water partition coefficient (Wildman–Crippen LogP) is 7.59. The first kappa shape index (κ1) is 28.1. The third-order valence-corrected chi connectivity index (χ3v) is 6.90. The first-order valence-electron chi connectivity index (χ1n) is 11.9. The van der Waals surface area contributed by atoms with Gasteiger partial charge in [-0.25, -0.2) is 9.69 Å². The maximum atomic E-state index is 13.3. The fourth-order valence-electron chi connectivity index (χ4n) is 4.29. The highest BCUT2D eigenvalue weighted by molar-refractivity contribution is 6.40. The monoisotopic (exact) mass is 597 g/mol. The number of benzene rings is 4. The number of ether oxygens (including phenoxy) is 1. The SMILES string of the molecule is O=C(O[C@H](C(=O)c1ccc(Cl)cc1)c1ccccc1)c1ccc2c(c1)C(=O)N(c1cc(C(F)(F)F)ccc1Cl)C2=O. The highest BCUT2D eigenvalue weighted by Crippen LogP contribution is 2.38. The minimum absolute atomic E-state index is 0.142. The Morgan fingerprint density at radius 1 is 0.756 bits per heavy atom. The third-order valence-electron chi connectivity index (χ3n) is 6.33. The van der Waals surface area contributed by atoms with Gasteiger partial charge in [-0.1, -0.05) is 53.5 Å². The lowest BCUT2D eigenvalue weighted by Gasteiger charge is -2.18. The molecule has 0 N–H and O–H groups in total. The summed E-state index contributed by atoms with van der Waals surface area (Å²) in [6.45, 7) is 0. The largest absolute Gasteiger partial charge is 0.445 e. The molecule has 11 heteroatoms. The van der Waals surface area contributed by atoms with Crippen molar-refractivity contribution in [1.82, 2.24) is 0 Å². The molecule has 0 saturated heterocycles. The Morgan fingerprint density at radius 2 is 1.39 bits per heavy atom. The number of carbonyl (C=O) groups excluding carboxylic acids is 4. The minimum Gasteiger partial charge on any atom is -0.445 e. The Hall–Kier alpha value is -4.47. The Morgan fingerprint density at radius 3 is 2.05 bits per heavy atom. The number of fused-ring (bicyclic) bond motifs is 1. The lowest BCUT2D eigenvalue weighted by Crippen LogP contribution is -2.30. The van der Waals surface area contributed by atoms with Gasteiger partial charge in [0, 0.05) is 16.1 Å². The molecule has 41 heavy (non-hydrogen) atoms. The van der Waals surface area contributed by atoms with Crippen LogP contribution in [-0.2, 0) is 10.9 Å². The second kappa shape index (κ2) is 10.8. The van der Waals surface area contributed by atoms with Gasteiger partial charge < -0.3 is 4.74 Å². The van der Waals surface area contributed by atoms with Gasteiger partial charge >= 0.3 is 12.1 Å². The molecule has 0 saturated carbocycles. The van der Waals surface area contributed by atoms with Crippen LogP contribution < -0.4 is 4.90 Å². The predicted molar refractivity (Wildman–Crippen MR) is 144 cm³/mol. The van der Waals surface area contributed by atoms with Crippen LogP contribution in [0.3, 0.4) is 0 Å². The summed E-state index contributed by atoms with van der Waals surface area (Å²) >= 11 is 12.0. The second-order valence-corrected chi connectivity index (χ2v) is 9.78. The summed E-state index contributed by atoms with van der Waals surface area (Å²) in [4.78, 5) is 53.3. The normalized spacial score (nSPS) is 13.6. The van der Waals surface area contributed by atoms with Crippen molar-refractivity contribution in [3.63, 3.8) is 0 Å². The van der Waals surface area contributed by atoms with Crippen LogP contribution in [0.25, 0.3) is 0 Å². The van der Waals surface area contributed by atoms with E-state index >= 15 is 0 Å². The molecule has 1 aliphatic heterocycles. The highest BCUT2D eigenvalue weighted by atomic mass is 35.5. The zero-order valence-electron chi connectivity index (χ0n) is 20.6. The molecule has 1 atom stereocenters. The van der Waals surface area contributed by atoms with Crippen molar-refractivity contribution in [3.8, 4) is 0 Å². The van der Waals surface area contributed by atoms with Gasteiger partial charge in [0.05, 0.1) is 33.0 Å². The number of Topliss-reactive ketones (excluding diaryl/α,β-unsaturated/α-hetero) is 1. The van der Waals surface area contributed by atoms with E-state index in [1.54, 1.807) is 30.3 Å². The lowest BCUT2D eigenvalue weighted by atomic mass is 9.99. The summed E-state index contributed by atoms with van der Waals surface area (Å²) in [6.07, 6.45) is -6.09. The van der Waals surface area contributed by atoms with Gasteiger partial charge in [-0.15, -0.1) is 0 Å². The van der Waals surface area contributed by atoms with Gasteiger partial charge in [-0.3, -0.25) is 14.4 Å². The quantitative estimate of drug-likeness (QED) is 0.130. The average Bonchev–Trinajstić information content (AvgIpc) is 3.20. The number of halogens is 5. The van der Waals surface area contributed by atoms with Crippen LogP contribution in [0.1, 0.15) is 58.7 Å². The molecule has 0 radical (unpaired) electrons. The fourth-order valence-corrected chi connectivity index (χ4v) is 4.62. The van der Waals surface area contributed by atoms with Crippen LogP contribution in [0.2, 0.25) is 10.0 Å². The smallest absolute Gasteiger partial charge is 0.416 e. The van der Waals surface area contributed by atoms with E-state index < -0.39 is 47.1 Å². The van der Waals surface area contributed by atoms with E-state index in [1.807, 2.05) is 0 Å². The Bertz CT molecular complexity index is 1710. The van der Waals surface area contributed by atoms with Crippen LogP contribution in [0.4, 0.5) is 18.9 Å². The number of imide groups is 1. The van der Waals surface area contributed by atoms with E-state index in [0.29, 0.717) is 21.6 Å². The molecular formula is C30H16Cl2F3NO5. The number of carbonyl (C=O) groups is 4. The standard InChI is InChI=1S/C30H16Cl2F3NO5/c31-20-10-6-16(7-11-20)25(37)26(17-4-2-1-3-5-17)41-29(40)18-8-12-21-22(14-18)28(39)36(27(21)38)24-15-19(30(33,34)35)9-13-23(24)32/h1-15,26H/t26-/m0/s1. The number of anilines is 1. The molecular weight excluding hydrogens is 582 g/mol. The van der Waals surface area contributed by atoms with Crippen LogP contribution in [-0.4, -0.2) is 23.6 Å². The van der Waals surface area contributed by atoms with E-state index in [4.69, 9.17) is 27.9 Å². The molecule has 2 amide bonds. The molecule has 6 nitrogen and oxygen atoms in total. The van der Waals surface area contributed by atoms with Crippen LogP contribution in [0.5, 0.6) is 0 Å². The Balaban J connectivity index is 1.46. The van der Waals surface area contributed by atoms with E-state index in [9.17, 15) is 32.3 Å². The van der Waals surface area contributed by atoms with Gasteiger partial charge in [-0.05, 0) is 60.7 Å². The molecule has 0 aromatic heterocycles.